The molecule has 0 amide bonds. The van der Waals surface area contributed by atoms with E-state index in [4.69, 9.17) is 16.3 Å². The molecule has 1 aromatic rings. The van der Waals surface area contributed by atoms with Crippen molar-refractivity contribution in [2.75, 3.05) is 12.5 Å². The fourth-order valence-electron chi connectivity index (χ4n) is 1.51. The molecule has 0 saturated carbocycles. The van der Waals surface area contributed by atoms with Crippen LogP contribution in [0.15, 0.2) is 24.3 Å². The van der Waals surface area contributed by atoms with Crippen molar-refractivity contribution in [3.8, 4) is 5.75 Å². The molecule has 1 aromatic carbocycles. The predicted octanol–water partition coefficient (Wildman–Crippen LogP) is 2.51. The quantitative estimate of drug-likeness (QED) is 0.666. The van der Waals surface area contributed by atoms with E-state index in [0.29, 0.717) is 23.8 Å². The minimum Gasteiger partial charge on any atom is -0.492 e. The molecule has 74 valence electrons. The van der Waals surface area contributed by atoms with E-state index in [0.717, 1.165) is 0 Å². The Hall–Kier alpha value is -1.02. The van der Waals surface area contributed by atoms with Gasteiger partial charge in [-0.3, -0.25) is 4.79 Å². The van der Waals surface area contributed by atoms with Crippen LogP contribution in [0.2, 0.25) is 0 Å². The summed E-state index contributed by atoms with van der Waals surface area (Å²) in [5, 5.41) is 0. The van der Waals surface area contributed by atoms with Gasteiger partial charge in [-0.05, 0) is 19.1 Å². The van der Waals surface area contributed by atoms with Crippen molar-refractivity contribution in [2.45, 2.75) is 6.92 Å². The maximum absolute atomic E-state index is 12.0. The van der Waals surface area contributed by atoms with Crippen molar-refractivity contribution in [3.63, 3.8) is 0 Å². The Labute approximate surface area is 87.8 Å². The monoisotopic (exact) mass is 210 g/mol. The zero-order chi connectivity index (χ0) is 10.2. The van der Waals surface area contributed by atoms with Crippen LogP contribution in [0.1, 0.15) is 17.3 Å². The number of halogens is 1. The van der Waals surface area contributed by atoms with Crippen LogP contribution in [-0.2, 0) is 0 Å². The maximum Gasteiger partial charge on any atom is 0.177 e. The van der Waals surface area contributed by atoms with Crippen molar-refractivity contribution in [3.05, 3.63) is 29.8 Å². The van der Waals surface area contributed by atoms with Crippen LogP contribution in [0.25, 0.3) is 0 Å². The van der Waals surface area contributed by atoms with Gasteiger partial charge in [-0.15, -0.1) is 11.6 Å². The summed E-state index contributed by atoms with van der Waals surface area (Å²) >= 11 is 5.78. The first kappa shape index (κ1) is 9.53. The molecule has 0 saturated heterocycles. The number of Topliss-reactive ketones (excluding diaryl/α,β-unsaturated/α-hetero) is 1. The first-order valence-corrected chi connectivity index (χ1v) is 5.03. The van der Waals surface area contributed by atoms with Gasteiger partial charge in [-0.25, -0.2) is 0 Å². The minimum absolute atomic E-state index is 0.0781. The molecular weight excluding hydrogens is 200 g/mol. The van der Waals surface area contributed by atoms with Crippen LogP contribution in [0.3, 0.4) is 0 Å². The smallest absolute Gasteiger partial charge is 0.177 e. The summed E-state index contributed by atoms with van der Waals surface area (Å²) in [6.45, 7) is 2.20. The molecule has 1 heterocycles. The molecule has 2 rings (SSSR count). The molecule has 1 unspecified atom stereocenters. The van der Waals surface area contributed by atoms with Gasteiger partial charge in [0.05, 0.1) is 11.0 Å². The van der Waals surface area contributed by atoms with E-state index < -0.39 is 5.41 Å². The van der Waals surface area contributed by atoms with Gasteiger partial charge in [0.2, 0.25) is 0 Å². The van der Waals surface area contributed by atoms with Gasteiger partial charge in [-0.2, -0.15) is 0 Å². The molecule has 1 atom stereocenters. The number of carbonyl (C=O) groups excluding carboxylic acids is 1. The fourth-order valence-corrected chi connectivity index (χ4v) is 1.71. The van der Waals surface area contributed by atoms with E-state index in [1.54, 1.807) is 12.1 Å². The lowest BCUT2D eigenvalue weighted by Crippen LogP contribution is -2.39. The third kappa shape index (κ3) is 1.30. The second-order valence-electron chi connectivity index (χ2n) is 3.81. The summed E-state index contributed by atoms with van der Waals surface area (Å²) in [7, 11) is 0. The fraction of sp³-hybridized carbons (Fsp3) is 0.364. The van der Waals surface area contributed by atoms with E-state index in [9.17, 15) is 4.79 Å². The normalized spacial score (nSPS) is 25.4. The Morgan fingerprint density at radius 1 is 1.50 bits per heavy atom. The molecule has 0 radical (unpaired) electrons. The van der Waals surface area contributed by atoms with Crippen LogP contribution < -0.4 is 4.74 Å². The maximum atomic E-state index is 12.0. The van der Waals surface area contributed by atoms with Crippen molar-refractivity contribution in [2.24, 2.45) is 5.41 Å². The Balaban J connectivity index is 2.46. The van der Waals surface area contributed by atoms with E-state index in [1.165, 1.54) is 0 Å². The second-order valence-corrected chi connectivity index (χ2v) is 4.08. The van der Waals surface area contributed by atoms with Gasteiger partial charge < -0.3 is 4.74 Å². The summed E-state index contributed by atoms with van der Waals surface area (Å²) < 4.78 is 5.50. The number of hydrogen-bond donors (Lipinski definition) is 0. The van der Waals surface area contributed by atoms with Gasteiger partial charge in [-0.1, -0.05) is 12.1 Å². The van der Waals surface area contributed by atoms with E-state index in [1.807, 2.05) is 19.1 Å². The highest BCUT2D eigenvalue weighted by atomic mass is 35.5. The van der Waals surface area contributed by atoms with E-state index in [-0.39, 0.29) is 5.78 Å². The number of carbonyl (C=O) groups is 1. The number of ketones is 1. The number of para-hydroxylation sites is 1. The molecule has 0 spiro atoms. The van der Waals surface area contributed by atoms with Gasteiger partial charge in [0, 0.05) is 5.88 Å². The minimum atomic E-state index is -0.574. The highest BCUT2D eigenvalue weighted by Crippen LogP contribution is 2.34. The van der Waals surface area contributed by atoms with Crippen molar-refractivity contribution < 1.29 is 9.53 Å². The first-order valence-electron chi connectivity index (χ1n) is 4.50. The van der Waals surface area contributed by atoms with E-state index >= 15 is 0 Å². The number of benzene rings is 1. The molecule has 0 bridgehead atoms. The lowest BCUT2D eigenvalue weighted by Gasteiger charge is -2.31. The van der Waals surface area contributed by atoms with Crippen molar-refractivity contribution in [1.82, 2.24) is 0 Å². The number of alkyl halides is 1. The molecule has 1 aliphatic rings. The average molecular weight is 211 g/mol. The summed E-state index contributed by atoms with van der Waals surface area (Å²) in [5.41, 5.74) is 0.0671. The molecule has 0 fully saturated rings. The number of hydrogen-bond acceptors (Lipinski definition) is 2. The second kappa shape index (κ2) is 3.28. The van der Waals surface area contributed by atoms with Crippen LogP contribution in [-0.4, -0.2) is 18.3 Å². The first-order chi connectivity index (χ1) is 6.67. The van der Waals surface area contributed by atoms with Crippen LogP contribution in [0, 0.1) is 5.41 Å². The third-order valence-electron chi connectivity index (χ3n) is 2.52. The van der Waals surface area contributed by atoms with Crippen molar-refractivity contribution in [1.29, 1.82) is 0 Å². The van der Waals surface area contributed by atoms with Crippen molar-refractivity contribution >= 4 is 17.4 Å². The largest absolute Gasteiger partial charge is 0.492 e. The lowest BCUT2D eigenvalue weighted by molar-refractivity contribution is 0.0699. The zero-order valence-electron chi connectivity index (χ0n) is 7.92. The molecule has 3 heteroatoms. The number of fused-ring (bicyclic) bond motifs is 1. The Kier molecular flexibility index (Phi) is 2.23. The Morgan fingerprint density at radius 3 is 2.93 bits per heavy atom. The van der Waals surface area contributed by atoms with Crippen LogP contribution >= 0.6 is 11.6 Å². The molecule has 0 aromatic heterocycles. The molecule has 1 aliphatic heterocycles. The molecular formula is C11H11ClO2. The average Bonchev–Trinajstić information content (AvgIpc) is 2.24. The van der Waals surface area contributed by atoms with Gasteiger partial charge in [0.1, 0.15) is 12.4 Å². The SMILES string of the molecule is CC1(CCl)COc2ccccc2C1=O. The van der Waals surface area contributed by atoms with Gasteiger partial charge in [0.25, 0.3) is 0 Å². The Morgan fingerprint density at radius 2 is 2.21 bits per heavy atom. The number of rotatable bonds is 1. The number of ether oxygens (including phenoxy) is 1. The summed E-state index contributed by atoms with van der Waals surface area (Å²) in [6, 6.07) is 7.28. The van der Waals surface area contributed by atoms with Crippen LogP contribution in [0.4, 0.5) is 0 Å². The molecule has 0 aliphatic carbocycles. The standard InChI is InChI=1S/C11H11ClO2/c1-11(6-12)7-14-9-5-3-2-4-8(9)10(11)13/h2-5H,6-7H2,1H3. The molecule has 0 N–H and O–H groups in total. The summed E-state index contributed by atoms with van der Waals surface area (Å²) in [4.78, 5) is 12.0. The summed E-state index contributed by atoms with van der Waals surface area (Å²) in [6.07, 6.45) is 0. The molecule has 14 heavy (non-hydrogen) atoms. The Bertz CT molecular complexity index is 375. The molecule has 2 nitrogen and oxygen atoms in total. The highest BCUT2D eigenvalue weighted by molar-refractivity contribution is 6.21. The topological polar surface area (TPSA) is 26.3 Å². The summed E-state index contributed by atoms with van der Waals surface area (Å²) in [5.74, 6) is 1.04. The van der Waals surface area contributed by atoms with Gasteiger partial charge in [0.15, 0.2) is 5.78 Å². The van der Waals surface area contributed by atoms with E-state index in [2.05, 4.69) is 0 Å². The predicted molar refractivity (Wildman–Crippen MR) is 55.1 cm³/mol. The lowest BCUT2D eigenvalue weighted by atomic mass is 9.83. The van der Waals surface area contributed by atoms with Crippen LogP contribution in [0.5, 0.6) is 5.75 Å². The third-order valence-corrected chi connectivity index (χ3v) is 3.11. The zero-order valence-corrected chi connectivity index (χ0v) is 8.67. The van der Waals surface area contributed by atoms with Gasteiger partial charge >= 0.3 is 0 Å². The highest BCUT2D eigenvalue weighted by Gasteiger charge is 2.39.